The number of benzene rings is 2. The fraction of sp³-hybridized carbons (Fsp3) is 0.208. The van der Waals surface area contributed by atoms with Gasteiger partial charge in [-0.15, -0.1) is 11.3 Å². The van der Waals surface area contributed by atoms with Gasteiger partial charge in [-0.3, -0.25) is 9.59 Å². The van der Waals surface area contributed by atoms with Crippen LogP contribution in [0.15, 0.2) is 59.4 Å². The molecule has 4 aromatic rings. The molecule has 0 radical (unpaired) electrons. The van der Waals surface area contributed by atoms with Gasteiger partial charge in [0.15, 0.2) is 0 Å². The number of nitrogens with one attached hydrogen (secondary N) is 1. The second-order valence-electron chi connectivity index (χ2n) is 7.45. The molecular weight excluding hydrogens is 396 g/mol. The van der Waals surface area contributed by atoms with Gasteiger partial charge in [0, 0.05) is 4.88 Å². The monoisotopic (exact) mass is 416 g/mol. The van der Waals surface area contributed by atoms with Gasteiger partial charge in [-0.1, -0.05) is 54.6 Å². The number of nitrogens with zero attached hydrogens (tertiary/aromatic N) is 1. The van der Waals surface area contributed by atoms with Crippen molar-refractivity contribution >= 4 is 27.5 Å². The minimum absolute atomic E-state index is 0.0331. The average Bonchev–Trinajstić information content (AvgIpc) is 3.34. The molecule has 0 unspecified atom stereocenters. The van der Waals surface area contributed by atoms with E-state index in [-0.39, 0.29) is 24.6 Å². The molecular formula is C24H20N2O3S. The van der Waals surface area contributed by atoms with Gasteiger partial charge in [0.2, 0.25) is 0 Å². The van der Waals surface area contributed by atoms with Gasteiger partial charge in [0.05, 0.1) is 11.8 Å². The summed E-state index contributed by atoms with van der Waals surface area (Å²) >= 11 is 1.58. The van der Waals surface area contributed by atoms with E-state index in [1.807, 2.05) is 42.5 Å². The third-order valence-corrected chi connectivity index (χ3v) is 6.59. The van der Waals surface area contributed by atoms with Crippen LogP contribution in [0, 0.1) is 0 Å². The maximum absolute atomic E-state index is 12.5. The summed E-state index contributed by atoms with van der Waals surface area (Å²) in [5, 5.41) is 0.709. The van der Waals surface area contributed by atoms with Crippen molar-refractivity contribution in [1.82, 2.24) is 9.97 Å². The van der Waals surface area contributed by atoms with Crippen LogP contribution in [0.1, 0.15) is 28.2 Å². The molecule has 1 N–H and O–H groups in total. The quantitative estimate of drug-likeness (QED) is 0.489. The molecule has 1 aliphatic carbocycles. The van der Waals surface area contributed by atoms with E-state index in [0.29, 0.717) is 11.2 Å². The summed E-state index contributed by atoms with van der Waals surface area (Å²) in [4.78, 5) is 34.0. The van der Waals surface area contributed by atoms with Gasteiger partial charge in [-0.2, -0.15) is 0 Å². The highest BCUT2D eigenvalue weighted by Crippen LogP contribution is 2.34. The molecule has 1 aliphatic rings. The summed E-state index contributed by atoms with van der Waals surface area (Å²) in [6, 6.07) is 18.0. The molecule has 2 heterocycles. The van der Waals surface area contributed by atoms with Crippen LogP contribution in [0.2, 0.25) is 0 Å². The van der Waals surface area contributed by atoms with Gasteiger partial charge < -0.3 is 9.72 Å². The van der Waals surface area contributed by atoms with Crippen molar-refractivity contribution in [3.05, 3.63) is 86.8 Å². The summed E-state index contributed by atoms with van der Waals surface area (Å²) in [6.45, 7) is -0.0331. The van der Waals surface area contributed by atoms with Crippen molar-refractivity contribution in [1.29, 1.82) is 0 Å². The molecule has 30 heavy (non-hydrogen) atoms. The van der Waals surface area contributed by atoms with Crippen molar-refractivity contribution < 1.29 is 9.53 Å². The predicted octanol–water partition coefficient (Wildman–Crippen LogP) is 4.43. The Balaban J connectivity index is 1.24. The number of carbonyl (C=O) groups is 1. The molecule has 0 fully saturated rings. The first-order chi connectivity index (χ1) is 14.7. The van der Waals surface area contributed by atoms with Gasteiger partial charge in [0.1, 0.15) is 17.3 Å². The second-order valence-corrected chi connectivity index (χ2v) is 8.53. The number of ether oxygens (including phenoxy) is 1. The number of esters is 1. The molecule has 6 heteroatoms. The zero-order valence-electron chi connectivity index (χ0n) is 16.3. The van der Waals surface area contributed by atoms with Crippen LogP contribution in [0.25, 0.3) is 21.3 Å². The molecule has 0 bridgehead atoms. The molecule has 0 spiro atoms. The van der Waals surface area contributed by atoms with E-state index >= 15 is 0 Å². The van der Waals surface area contributed by atoms with Crippen LogP contribution < -0.4 is 5.56 Å². The lowest BCUT2D eigenvalue weighted by molar-refractivity contribution is -0.144. The molecule has 0 atom stereocenters. The van der Waals surface area contributed by atoms with E-state index in [1.165, 1.54) is 4.88 Å². The minimum atomic E-state index is -0.348. The zero-order valence-corrected chi connectivity index (χ0v) is 17.1. The number of hydrogen-bond donors (Lipinski definition) is 1. The number of H-pyrrole nitrogens is 1. The highest BCUT2D eigenvalue weighted by molar-refractivity contribution is 7.18. The number of hydrogen-bond acceptors (Lipinski definition) is 5. The maximum Gasteiger partial charge on any atom is 0.310 e. The molecule has 2 aromatic carbocycles. The standard InChI is InChI=1S/C24H20N2O3S/c27-21(13-15-9-11-17(12-10-15)16-5-2-1-3-6-16)29-14-20-25-23(28)22-18-7-4-8-19(18)30-24(22)26-20/h1-3,5-6,9-12H,4,7-8,13-14H2,(H,25,26,28). The third kappa shape index (κ3) is 3.66. The fourth-order valence-corrected chi connectivity index (χ4v) is 5.21. The number of aryl methyl sites for hydroxylation is 2. The van der Waals surface area contributed by atoms with Gasteiger partial charge in [-0.25, -0.2) is 4.98 Å². The largest absolute Gasteiger partial charge is 0.457 e. The van der Waals surface area contributed by atoms with Crippen LogP contribution in [0.4, 0.5) is 0 Å². The first-order valence-electron chi connectivity index (χ1n) is 10.0. The molecule has 0 aliphatic heterocycles. The van der Waals surface area contributed by atoms with Crippen LogP contribution in [0.3, 0.4) is 0 Å². The lowest BCUT2D eigenvalue weighted by Gasteiger charge is -2.06. The van der Waals surface area contributed by atoms with E-state index in [0.717, 1.165) is 46.3 Å². The van der Waals surface area contributed by atoms with E-state index in [2.05, 4.69) is 22.1 Å². The number of aromatic nitrogens is 2. The van der Waals surface area contributed by atoms with E-state index < -0.39 is 0 Å². The van der Waals surface area contributed by atoms with Crippen molar-refractivity contribution in [2.45, 2.75) is 32.3 Å². The van der Waals surface area contributed by atoms with Crippen molar-refractivity contribution in [3.8, 4) is 11.1 Å². The number of carbonyl (C=O) groups excluding carboxylic acids is 1. The van der Waals surface area contributed by atoms with Gasteiger partial charge >= 0.3 is 5.97 Å². The minimum Gasteiger partial charge on any atom is -0.457 e. The molecule has 0 saturated heterocycles. The molecule has 5 nitrogen and oxygen atoms in total. The van der Waals surface area contributed by atoms with E-state index in [4.69, 9.17) is 4.74 Å². The van der Waals surface area contributed by atoms with Crippen LogP contribution in [-0.4, -0.2) is 15.9 Å². The number of rotatable bonds is 5. The Kier molecular flexibility index (Phi) is 4.93. The Morgan fingerprint density at radius 1 is 1.03 bits per heavy atom. The lowest BCUT2D eigenvalue weighted by Crippen LogP contribution is -2.15. The summed E-state index contributed by atoms with van der Waals surface area (Å²) < 4.78 is 5.36. The SMILES string of the molecule is O=C(Cc1ccc(-c2ccccc2)cc1)OCc1nc2sc3c(c2c(=O)[nH]1)CCC3. The Morgan fingerprint density at radius 3 is 2.60 bits per heavy atom. The van der Waals surface area contributed by atoms with Crippen molar-refractivity contribution in [2.75, 3.05) is 0 Å². The molecule has 0 saturated carbocycles. The number of aromatic amines is 1. The molecule has 0 amide bonds. The predicted molar refractivity (Wildman–Crippen MR) is 118 cm³/mol. The van der Waals surface area contributed by atoms with E-state index in [1.54, 1.807) is 11.3 Å². The zero-order chi connectivity index (χ0) is 20.5. The Morgan fingerprint density at radius 2 is 1.80 bits per heavy atom. The van der Waals surface area contributed by atoms with E-state index in [9.17, 15) is 9.59 Å². The van der Waals surface area contributed by atoms with Crippen LogP contribution in [-0.2, 0) is 35.4 Å². The summed E-state index contributed by atoms with van der Waals surface area (Å²) in [7, 11) is 0. The second kappa shape index (κ2) is 7.88. The highest BCUT2D eigenvalue weighted by atomic mass is 32.1. The van der Waals surface area contributed by atoms with Gasteiger partial charge in [-0.05, 0) is 41.5 Å². The molecule has 5 rings (SSSR count). The fourth-order valence-electron chi connectivity index (χ4n) is 3.93. The normalized spacial score (nSPS) is 12.8. The molecule has 150 valence electrons. The summed E-state index contributed by atoms with van der Waals surface area (Å²) in [5.41, 5.74) is 4.13. The topological polar surface area (TPSA) is 72.0 Å². The highest BCUT2D eigenvalue weighted by Gasteiger charge is 2.21. The van der Waals surface area contributed by atoms with Crippen LogP contribution >= 0.6 is 11.3 Å². The van der Waals surface area contributed by atoms with Crippen LogP contribution in [0.5, 0.6) is 0 Å². The summed E-state index contributed by atoms with van der Waals surface area (Å²) in [5.74, 6) is 0.0408. The first-order valence-corrected chi connectivity index (χ1v) is 10.8. The lowest BCUT2D eigenvalue weighted by atomic mass is 10.0. The molecule has 2 aromatic heterocycles. The maximum atomic E-state index is 12.5. The Hall–Kier alpha value is -3.25. The summed E-state index contributed by atoms with van der Waals surface area (Å²) in [6.07, 6.45) is 3.23. The Labute approximate surface area is 177 Å². The van der Waals surface area contributed by atoms with Gasteiger partial charge in [0.25, 0.3) is 5.56 Å². The van der Waals surface area contributed by atoms with Crippen molar-refractivity contribution in [2.24, 2.45) is 0 Å². The number of thiophene rings is 1. The first kappa shape index (κ1) is 18.8. The third-order valence-electron chi connectivity index (χ3n) is 5.40. The smallest absolute Gasteiger partial charge is 0.310 e. The average molecular weight is 417 g/mol. The number of fused-ring (bicyclic) bond motifs is 3. The van der Waals surface area contributed by atoms with Crippen molar-refractivity contribution in [3.63, 3.8) is 0 Å². The Bertz CT molecular complexity index is 1270.